The van der Waals surface area contributed by atoms with Crippen LogP contribution in [0.2, 0.25) is 0 Å². The van der Waals surface area contributed by atoms with Crippen LogP contribution in [-0.4, -0.2) is 177 Å². The Morgan fingerprint density at radius 3 is 0.894 bits per heavy atom. The van der Waals surface area contributed by atoms with Gasteiger partial charge in [-0.3, -0.25) is 14.4 Å². The predicted octanol–water partition coefficient (Wildman–Crippen LogP) is 7.06. The van der Waals surface area contributed by atoms with Crippen molar-refractivity contribution < 1.29 is 105 Å². The summed E-state index contributed by atoms with van der Waals surface area (Å²) in [6, 6.07) is 16.0. The topological polar surface area (TPSA) is 391 Å². The van der Waals surface area contributed by atoms with Gasteiger partial charge in [0.15, 0.2) is 72.2 Å². The zero-order valence-electron chi connectivity index (χ0n) is 58.4. The Labute approximate surface area is 615 Å². The Bertz CT molecular complexity index is 3400. The summed E-state index contributed by atoms with van der Waals surface area (Å²) in [5.74, 6) is -0.180. The van der Waals surface area contributed by atoms with Crippen LogP contribution in [0.15, 0.2) is 103 Å². The van der Waals surface area contributed by atoms with Gasteiger partial charge in [0.1, 0.15) is 38.4 Å². The number of phosphoric acid groups is 1. The number of esters is 3. The summed E-state index contributed by atoms with van der Waals surface area (Å²) >= 11 is 4.25. The van der Waals surface area contributed by atoms with Crippen LogP contribution in [0, 0.1) is 35.5 Å². The van der Waals surface area contributed by atoms with Crippen LogP contribution in [0.1, 0.15) is 149 Å². The highest BCUT2D eigenvalue weighted by molar-refractivity contribution is 7.40. The number of hydrogen-bond donors (Lipinski definition) is 6. The number of anilines is 3. The molecule has 9 aliphatic heterocycles. The van der Waals surface area contributed by atoms with E-state index in [1.807, 2.05) is 52.5 Å². The van der Waals surface area contributed by atoms with Crippen molar-refractivity contribution in [2.45, 2.75) is 170 Å². The van der Waals surface area contributed by atoms with Crippen LogP contribution in [0.3, 0.4) is 0 Å². The molecule has 0 radical (unpaired) electrons. The number of quaternary nitrogens is 3. The van der Waals surface area contributed by atoms with Gasteiger partial charge >= 0.3 is 17.9 Å². The quantitative estimate of drug-likeness (QED) is 0.0182. The summed E-state index contributed by atoms with van der Waals surface area (Å²) in [5.41, 5.74) is -4.76. The summed E-state index contributed by atoms with van der Waals surface area (Å²) in [7, 11) is -5.39. The lowest BCUT2D eigenvalue weighted by atomic mass is 9.75. The van der Waals surface area contributed by atoms with Gasteiger partial charge in [-0.15, -0.1) is 34.0 Å². The monoisotopic (exact) mass is 1520 g/mol. The molecule has 104 heavy (non-hydrogen) atoms. The molecule has 3 aliphatic carbocycles. The molecule has 6 N–H and O–H groups in total. The fourth-order valence-corrected chi connectivity index (χ4v) is 20.8. The summed E-state index contributed by atoms with van der Waals surface area (Å²) < 4.78 is 43.1. The first-order chi connectivity index (χ1) is 50.0. The number of aliphatic hydroxyl groups is 3. The third kappa shape index (κ3) is 18.3. The van der Waals surface area contributed by atoms with Gasteiger partial charge in [0, 0.05) is 107 Å². The summed E-state index contributed by atoms with van der Waals surface area (Å²) in [5, 5.41) is 60.6. The normalized spacial score (nSPS) is 28.5. The van der Waals surface area contributed by atoms with Crippen LogP contribution in [0.5, 0.6) is 0 Å². The van der Waals surface area contributed by atoms with E-state index in [2.05, 4.69) is 31.4 Å². The number of rotatable bonds is 21. The molecular weight excluding hydrogens is 1420 g/mol. The van der Waals surface area contributed by atoms with Crippen molar-refractivity contribution in [3.8, 4) is 0 Å². The number of amides is 3. The summed E-state index contributed by atoms with van der Waals surface area (Å²) in [4.78, 5) is 106. The van der Waals surface area contributed by atoms with Gasteiger partial charge in [-0.2, -0.15) is 7.82 Å². The Balaban J connectivity index is 0.000000142. The highest BCUT2D eigenvalue weighted by atomic mass is 32.1. The number of hydrogen-bond acceptors (Lipinski definition) is 25. The fraction of sp³-hybridized carbons (Fsp3) is 0.625. The van der Waals surface area contributed by atoms with Crippen molar-refractivity contribution >= 4 is 94.9 Å². The van der Waals surface area contributed by atoms with Gasteiger partial charge in [-0.25, -0.2) is 14.4 Å². The molecule has 12 aliphatic rings. The van der Waals surface area contributed by atoms with Crippen molar-refractivity contribution in [2.75, 3.05) is 94.5 Å². The lowest BCUT2D eigenvalue weighted by Gasteiger charge is -2.52. The maximum Gasteiger partial charge on any atom is 0.344 e. The van der Waals surface area contributed by atoms with Crippen LogP contribution in [-0.2, 0) is 64.3 Å². The largest absolute Gasteiger partial charge is 0.822 e. The first-order valence-electron chi connectivity index (χ1n) is 36.8. The molecule has 28 nitrogen and oxygen atoms in total. The maximum absolute atomic E-state index is 13.6. The molecule has 6 bridgehead atoms. The minimum absolute atomic E-state index is 0.116. The van der Waals surface area contributed by atoms with E-state index in [-0.39, 0.29) is 71.5 Å². The van der Waals surface area contributed by atoms with Crippen molar-refractivity contribution in [1.29, 1.82) is 0 Å². The number of nitrogens with zero attached hydrogens (tertiary/aromatic N) is 6. The number of carbonyl (C=O) groups is 6. The predicted molar refractivity (Wildman–Crippen MR) is 374 cm³/mol. The van der Waals surface area contributed by atoms with Gasteiger partial charge in [0.05, 0.1) is 39.3 Å². The third-order valence-corrected chi connectivity index (χ3v) is 26.6. The molecule has 18 rings (SSSR count). The molecule has 6 aromatic rings. The zero-order chi connectivity index (χ0) is 73.2. The number of thiophene rings is 3. The first kappa shape index (κ1) is 77.0. The SMILES string of the molecule is O=C(C[N+]12CCC(CC1)[C@@H](OC(=O)[C@](O)(c1cccs1)C1CCCCC1)C2)Nc1ccon1.O=C(C[N+]12CCC(CC1)[C@@H](OC(=O)[C@](O)(c1cccs1)C1CCCCC1)C2)Nc1ccon1.O=C(C[N+]12CCC(CC1)[C@@H](OC(=O)[C@](O)(c1cccs1)C1CCCCC1)C2)Nc1ccon1.O=P([O-])([O-])[O-]. The third-order valence-electron chi connectivity index (χ3n) is 23.7. The molecule has 566 valence electrons. The van der Waals surface area contributed by atoms with Gasteiger partial charge in [0.2, 0.25) is 0 Å². The molecule has 9 saturated heterocycles. The molecule has 0 aromatic carbocycles. The smallest absolute Gasteiger partial charge is 0.344 e. The van der Waals surface area contributed by atoms with Crippen molar-refractivity contribution in [3.05, 3.63) is 104 Å². The number of aromatic nitrogens is 3. The Hall–Kier alpha value is -6.58. The van der Waals surface area contributed by atoms with E-state index in [0.717, 1.165) is 174 Å². The average Bonchev–Trinajstić information content (AvgIpc) is 1.16. The van der Waals surface area contributed by atoms with Crippen LogP contribution in [0.25, 0.3) is 0 Å². The Morgan fingerprint density at radius 2 is 0.683 bits per heavy atom. The van der Waals surface area contributed by atoms with Crippen molar-refractivity contribution in [3.63, 3.8) is 0 Å². The van der Waals surface area contributed by atoms with Gasteiger partial charge < -0.3 is 91.7 Å². The second kappa shape index (κ2) is 33.7. The highest BCUT2D eigenvalue weighted by Gasteiger charge is 2.57. The maximum atomic E-state index is 13.6. The molecule has 6 aromatic heterocycles. The zero-order valence-corrected chi connectivity index (χ0v) is 61.8. The van der Waals surface area contributed by atoms with Gasteiger partial charge in [-0.1, -0.05) is 91.5 Å². The molecule has 0 unspecified atom stereocenters. The van der Waals surface area contributed by atoms with E-state index in [0.29, 0.717) is 84.8 Å². The second-order valence-electron chi connectivity index (χ2n) is 30.2. The van der Waals surface area contributed by atoms with Crippen LogP contribution >= 0.6 is 41.8 Å². The molecule has 12 fully saturated rings. The number of fused-ring (bicyclic) bond motifs is 9. The Morgan fingerprint density at radius 1 is 0.433 bits per heavy atom. The van der Waals surface area contributed by atoms with Crippen molar-refractivity contribution in [2.24, 2.45) is 35.5 Å². The number of piperidine rings is 9. The van der Waals surface area contributed by atoms with Crippen molar-refractivity contribution in [1.82, 2.24) is 15.5 Å². The van der Waals surface area contributed by atoms with E-state index in [4.69, 9.17) is 47.0 Å². The van der Waals surface area contributed by atoms with E-state index in [1.54, 1.807) is 18.2 Å². The first-order valence-corrected chi connectivity index (χ1v) is 40.9. The van der Waals surface area contributed by atoms with Crippen LogP contribution < -0.4 is 30.6 Å². The lowest BCUT2D eigenvalue weighted by Crippen LogP contribution is -2.66. The molecule has 0 spiro atoms. The number of nitrogens with one attached hydrogen (secondary N) is 3. The minimum atomic E-state index is -5.39. The van der Waals surface area contributed by atoms with E-state index in [1.165, 1.54) is 52.8 Å². The van der Waals surface area contributed by atoms with E-state index in [9.17, 15) is 44.1 Å². The van der Waals surface area contributed by atoms with E-state index < -0.39 is 42.5 Å². The number of carbonyl (C=O) groups excluding carboxylic acids is 6. The second-order valence-corrected chi connectivity index (χ2v) is 34.0. The van der Waals surface area contributed by atoms with Gasteiger partial charge in [0.25, 0.3) is 17.7 Å². The molecule has 3 saturated carbocycles. The lowest BCUT2D eigenvalue weighted by molar-refractivity contribution is -0.939. The molecular formula is C72H96N9O19PS3. The highest BCUT2D eigenvalue weighted by Crippen LogP contribution is 2.48. The fourth-order valence-electron chi connectivity index (χ4n) is 18.2. The van der Waals surface area contributed by atoms with Crippen LogP contribution in [0.4, 0.5) is 17.5 Å². The molecule has 15 heterocycles. The molecule has 3 amide bonds. The van der Waals surface area contributed by atoms with Gasteiger partial charge in [-0.05, 0) is 72.9 Å². The standard InChI is InChI=1S/3C24H31N3O5S.H3O4P/c3*28-22(25-21-10-13-31-26-21)16-27-11-8-17(9-12-27)19(15-27)32-23(29)24(30,20-7-4-14-33-20)18-5-2-1-3-6-18;1-5(2,3)4/h3*4,7,10,13-14,17-19,30H,1-3,5-6,8-9,11-12,15-16H2;(H3,1,2,3,4)/t3*17?,19-,24+,27?;/m000./s1. The van der Waals surface area contributed by atoms with E-state index >= 15 is 0 Å². The average molecular weight is 1520 g/mol. The molecule has 6 atom stereocenters. The Kier molecular flexibility index (Phi) is 25.0. The number of ether oxygens (including phenoxy) is 3. The summed E-state index contributed by atoms with van der Waals surface area (Å²) in [6.07, 6.45) is 23.5. The molecule has 32 heteroatoms. The minimum Gasteiger partial charge on any atom is -0.822 e. The summed E-state index contributed by atoms with van der Waals surface area (Å²) in [6.45, 7) is 8.10.